The van der Waals surface area contributed by atoms with E-state index >= 15 is 0 Å². The topological polar surface area (TPSA) is 86.2 Å². The predicted octanol–water partition coefficient (Wildman–Crippen LogP) is 1.07. The molecule has 0 aromatic heterocycles. The SMILES string of the molecule is C[N+](C)(C)Cc1ccccc1.C[N+](C)(C)Cc1ccccc1.O=P([O-])([O-])[O-].[H+]. The van der Waals surface area contributed by atoms with Gasteiger partial charge in [-0.25, -0.2) is 0 Å². The molecule has 2 rings (SSSR count). The average Bonchev–Trinajstić information content (AvgIpc) is 2.44. The number of nitrogens with zero attached hydrogens (tertiary/aromatic N) is 2. The molecule has 0 aliphatic carbocycles. The molecular weight excluding hydrogens is 363 g/mol. The van der Waals surface area contributed by atoms with Crippen molar-refractivity contribution in [2.45, 2.75) is 13.1 Å². The Morgan fingerprint density at radius 1 is 0.667 bits per heavy atom. The minimum Gasteiger partial charge on any atom is -0.822 e. The number of phosphoric acid groups is 1. The van der Waals surface area contributed by atoms with Crippen molar-refractivity contribution in [3.05, 3.63) is 71.8 Å². The van der Waals surface area contributed by atoms with Crippen molar-refractivity contribution in [3.8, 4) is 0 Å². The number of quaternary nitrogens is 2. The molecule has 0 spiro atoms. The Labute approximate surface area is 165 Å². The van der Waals surface area contributed by atoms with E-state index in [0.29, 0.717) is 0 Å². The molecule has 0 radical (unpaired) electrons. The number of hydrogen-bond donors (Lipinski definition) is 0. The summed E-state index contributed by atoms with van der Waals surface area (Å²) in [4.78, 5) is 25.6. The van der Waals surface area contributed by atoms with E-state index < -0.39 is 7.82 Å². The van der Waals surface area contributed by atoms with Gasteiger partial charge in [-0.15, -0.1) is 0 Å². The minimum atomic E-state index is -5.39. The molecule has 0 bridgehead atoms. The minimum absolute atomic E-state index is 0. The van der Waals surface area contributed by atoms with Crippen molar-refractivity contribution in [3.63, 3.8) is 0 Å². The Balaban J connectivity index is 0. The lowest BCUT2D eigenvalue weighted by molar-refractivity contribution is -0.884. The molecule has 152 valence electrons. The lowest BCUT2D eigenvalue weighted by Crippen LogP contribution is -2.33. The number of benzene rings is 2. The number of hydrogen-bond acceptors (Lipinski definition) is 4. The van der Waals surface area contributed by atoms with Crippen LogP contribution in [0.2, 0.25) is 0 Å². The molecule has 0 N–H and O–H groups in total. The van der Waals surface area contributed by atoms with Gasteiger partial charge in [0.25, 0.3) is 0 Å². The predicted molar refractivity (Wildman–Crippen MR) is 105 cm³/mol. The maximum atomic E-state index is 8.55. The summed E-state index contributed by atoms with van der Waals surface area (Å²) in [5.41, 5.74) is 2.81. The molecule has 6 nitrogen and oxygen atoms in total. The van der Waals surface area contributed by atoms with E-state index in [9.17, 15) is 0 Å². The van der Waals surface area contributed by atoms with Gasteiger partial charge in [0.05, 0.1) is 42.3 Å². The van der Waals surface area contributed by atoms with Crippen LogP contribution < -0.4 is 14.7 Å². The molecule has 0 fully saturated rings. The summed E-state index contributed by atoms with van der Waals surface area (Å²) in [6.07, 6.45) is 0. The van der Waals surface area contributed by atoms with Crippen LogP contribution in [-0.4, -0.2) is 51.3 Å². The first-order valence-electron chi connectivity index (χ1n) is 8.57. The van der Waals surface area contributed by atoms with E-state index in [4.69, 9.17) is 19.2 Å². The Morgan fingerprint density at radius 3 is 1.07 bits per heavy atom. The quantitative estimate of drug-likeness (QED) is 0.572. The summed E-state index contributed by atoms with van der Waals surface area (Å²) in [6, 6.07) is 21.1. The average molecular weight is 396 g/mol. The van der Waals surface area contributed by atoms with Gasteiger partial charge in [-0.3, -0.25) is 0 Å². The van der Waals surface area contributed by atoms with Crippen LogP contribution in [-0.2, 0) is 17.7 Å². The fraction of sp³-hybridized carbons (Fsp3) is 0.400. The summed E-state index contributed by atoms with van der Waals surface area (Å²) in [5.74, 6) is 0. The molecule has 0 saturated heterocycles. The molecule has 7 heteroatoms. The molecule has 0 unspecified atom stereocenters. The van der Waals surface area contributed by atoms with Gasteiger partial charge in [-0.05, 0) is 0 Å². The van der Waals surface area contributed by atoms with Crippen LogP contribution in [0, 0.1) is 0 Å². The maximum Gasteiger partial charge on any atom is 1.00 e. The van der Waals surface area contributed by atoms with Crippen molar-refractivity contribution < 1.29 is 29.6 Å². The van der Waals surface area contributed by atoms with Crippen LogP contribution in [0.15, 0.2) is 60.7 Å². The van der Waals surface area contributed by atoms with Crippen LogP contribution in [0.25, 0.3) is 0 Å². The Kier molecular flexibility index (Phi) is 10.7. The lowest BCUT2D eigenvalue weighted by atomic mass is 10.2. The molecule has 2 aromatic rings. The van der Waals surface area contributed by atoms with E-state index in [0.717, 1.165) is 22.1 Å². The maximum absolute atomic E-state index is 8.55. The molecule has 0 atom stereocenters. The third kappa shape index (κ3) is 20.6. The zero-order valence-corrected chi connectivity index (χ0v) is 18.1. The summed E-state index contributed by atoms with van der Waals surface area (Å²) in [6.45, 7) is 2.20. The third-order valence-corrected chi connectivity index (χ3v) is 3.00. The molecular formula is C20H33N2O4P. The summed E-state index contributed by atoms with van der Waals surface area (Å²) >= 11 is 0. The third-order valence-electron chi connectivity index (χ3n) is 3.00. The first-order chi connectivity index (χ1) is 12.2. The largest absolute Gasteiger partial charge is 1.00 e. The monoisotopic (exact) mass is 396 g/mol. The van der Waals surface area contributed by atoms with Crippen LogP contribution in [0.1, 0.15) is 12.6 Å². The summed E-state index contributed by atoms with van der Waals surface area (Å²) in [5, 5.41) is 0. The van der Waals surface area contributed by atoms with E-state index in [-0.39, 0.29) is 1.43 Å². The second-order valence-electron chi connectivity index (χ2n) is 8.32. The zero-order valence-electron chi connectivity index (χ0n) is 18.2. The van der Waals surface area contributed by atoms with Crippen molar-refractivity contribution in [2.75, 3.05) is 42.3 Å². The first kappa shape index (κ1) is 25.5. The lowest BCUT2D eigenvalue weighted by Gasteiger charge is -2.36. The Hall–Kier alpha value is -1.53. The van der Waals surface area contributed by atoms with Crippen LogP contribution >= 0.6 is 7.82 Å². The van der Waals surface area contributed by atoms with Crippen LogP contribution in [0.4, 0.5) is 0 Å². The fourth-order valence-corrected chi connectivity index (χ4v) is 2.26. The highest BCUT2D eigenvalue weighted by atomic mass is 31.2. The van der Waals surface area contributed by atoms with Gasteiger partial charge < -0.3 is 28.2 Å². The zero-order chi connectivity index (χ0) is 21.1. The highest BCUT2D eigenvalue weighted by Crippen LogP contribution is 2.06. The molecule has 0 heterocycles. The van der Waals surface area contributed by atoms with Crippen molar-refractivity contribution in [1.29, 1.82) is 0 Å². The Bertz CT molecular complexity index is 621. The van der Waals surface area contributed by atoms with Crippen molar-refractivity contribution >= 4 is 7.82 Å². The first-order valence-corrected chi connectivity index (χ1v) is 10.0. The normalized spacial score (nSPS) is 11.6. The van der Waals surface area contributed by atoms with E-state index in [1.807, 2.05) is 0 Å². The summed E-state index contributed by atoms with van der Waals surface area (Å²) in [7, 11) is 7.82. The van der Waals surface area contributed by atoms with Gasteiger partial charge in [-0.1, -0.05) is 60.7 Å². The standard InChI is InChI=1S/2C10H16N.H3O4P/c2*1-11(2,3)9-10-7-5-4-6-8-10;1-5(2,3)4/h2*4-8H,9H2,1-3H3;(H3,1,2,3,4)/q2*+1;/p-2. The van der Waals surface area contributed by atoms with Gasteiger partial charge >= 0.3 is 1.43 Å². The molecule has 0 aliphatic rings. The van der Waals surface area contributed by atoms with Gasteiger partial charge in [0.2, 0.25) is 0 Å². The van der Waals surface area contributed by atoms with Crippen LogP contribution in [0.3, 0.4) is 0 Å². The van der Waals surface area contributed by atoms with Gasteiger partial charge in [0.1, 0.15) is 13.1 Å². The van der Waals surface area contributed by atoms with Gasteiger partial charge in [0.15, 0.2) is 0 Å². The second-order valence-corrected chi connectivity index (χ2v) is 9.21. The van der Waals surface area contributed by atoms with E-state index in [1.54, 1.807) is 0 Å². The van der Waals surface area contributed by atoms with Gasteiger partial charge in [0, 0.05) is 11.1 Å². The second kappa shape index (κ2) is 11.3. The molecule has 27 heavy (non-hydrogen) atoms. The van der Waals surface area contributed by atoms with Crippen LogP contribution in [0.5, 0.6) is 0 Å². The highest BCUT2D eigenvalue weighted by molar-refractivity contribution is 7.40. The van der Waals surface area contributed by atoms with E-state index in [1.165, 1.54) is 11.1 Å². The number of rotatable bonds is 4. The van der Waals surface area contributed by atoms with Gasteiger partial charge in [-0.2, -0.15) is 7.82 Å². The molecule has 0 aliphatic heterocycles. The molecule has 0 amide bonds. The van der Waals surface area contributed by atoms with Crippen molar-refractivity contribution in [2.24, 2.45) is 0 Å². The molecule has 2 aromatic carbocycles. The molecule has 0 saturated carbocycles. The Morgan fingerprint density at radius 2 is 0.889 bits per heavy atom. The van der Waals surface area contributed by atoms with E-state index in [2.05, 4.69) is 103 Å². The fourth-order valence-electron chi connectivity index (χ4n) is 2.26. The summed E-state index contributed by atoms with van der Waals surface area (Å²) < 4.78 is 10.5. The highest BCUT2D eigenvalue weighted by Gasteiger charge is 2.07. The smallest absolute Gasteiger partial charge is 0.822 e. The van der Waals surface area contributed by atoms with Crippen molar-refractivity contribution in [1.82, 2.24) is 0 Å².